The van der Waals surface area contributed by atoms with Crippen LogP contribution in [-0.4, -0.2) is 32.3 Å². The smallest absolute Gasteiger partial charge is 0.332 e. The van der Waals surface area contributed by atoms with Crippen molar-refractivity contribution in [2.24, 2.45) is 7.05 Å². The van der Waals surface area contributed by atoms with E-state index in [-0.39, 0.29) is 17.8 Å². The van der Waals surface area contributed by atoms with Crippen molar-refractivity contribution in [1.29, 1.82) is 0 Å². The Morgan fingerprint density at radius 1 is 1.06 bits per heavy atom. The van der Waals surface area contributed by atoms with E-state index >= 15 is 0 Å². The Hall–Kier alpha value is -4.07. The Balaban J connectivity index is 1.58. The summed E-state index contributed by atoms with van der Waals surface area (Å²) in [5.74, 6) is 1.40. The van der Waals surface area contributed by atoms with Crippen molar-refractivity contribution >= 4 is 28.9 Å². The van der Waals surface area contributed by atoms with Crippen LogP contribution in [0.2, 0.25) is 0 Å². The molecule has 8 nitrogen and oxygen atoms in total. The van der Waals surface area contributed by atoms with Gasteiger partial charge in [0.2, 0.25) is 5.95 Å². The van der Waals surface area contributed by atoms with Gasteiger partial charge in [0.05, 0.1) is 7.11 Å². The zero-order chi connectivity index (χ0) is 22.2. The van der Waals surface area contributed by atoms with E-state index in [9.17, 15) is 9.59 Å². The number of imidazole rings is 1. The quantitative estimate of drug-likeness (QED) is 0.488. The van der Waals surface area contributed by atoms with Gasteiger partial charge >= 0.3 is 5.69 Å². The van der Waals surface area contributed by atoms with Crippen LogP contribution in [0.25, 0.3) is 17.2 Å². The summed E-state index contributed by atoms with van der Waals surface area (Å²) < 4.78 is 9.94. The second kappa shape index (κ2) is 7.88. The molecule has 0 spiro atoms. The van der Waals surface area contributed by atoms with Crippen LogP contribution in [-0.2, 0) is 20.1 Å². The molecule has 4 aromatic rings. The molecule has 0 aliphatic carbocycles. The second-order valence-corrected chi connectivity index (χ2v) is 7.66. The zero-order valence-corrected chi connectivity index (χ0v) is 17.9. The third-order valence-electron chi connectivity index (χ3n) is 5.76. The minimum Gasteiger partial charge on any atom is -0.497 e. The van der Waals surface area contributed by atoms with Gasteiger partial charge in [-0.25, -0.2) is 4.79 Å². The number of aromatic nitrogens is 4. The number of hydrogen-bond donors (Lipinski definition) is 0. The van der Waals surface area contributed by atoms with Crippen molar-refractivity contribution in [1.82, 2.24) is 18.7 Å². The molecule has 1 aliphatic rings. The Bertz CT molecular complexity index is 1450. The van der Waals surface area contributed by atoms with Crippen LogP contribution in [0.3, 0.4) is 0 Å². The number of benzene rings is 2. The van der Waals surface area contributed by atoms with Crippen molar-refractivity contribution in [3.63, 3.8) is 0 Å². The van der Waals surface area contributed by atoms with E-state index in [2.05, 4.69) is 4.98 Å². The first kappa shape index (κ1) is 19.9. The summed E-state index contributed by atoms with van der Waals surface area (Å²) in [6, 6.07) is 17.5. The van der Waals surface area contributed by atoms with Gasteiger partial charge in [0.15, 0.2) is 11.2 Å². The lowest BCUT2D eigenvalue weighted by Gasteiger charge is -2.16. The Morgan fingerprint density at radius 3 is 2.66 bits per heavy atom. The normalized spacial score (nSPS) is 13.2. The zero-order valence-electron chi connectivity index (χ0n) is 17.9. The number of ether oxygens (including phenoxy) is 1. The van der Waals surface area contributed by atoms with Crippen LogP contribution in [0.15, 0.2) is 70.3 Å². The molecule has 0 saturated heterocycles. The number of allylic oxidation sites excluding steroid dienone is 1. The predicted molar refractivity (Wildman–Crippen MR) is 125 cm³/mol. The lowest BCUT2D eigenvalue weighted by Crippen LogP contribution is -2.39. The van der Waals surface area contributed by atoms with E-state index in [0.29, 0.717) is 30.2 Å². The lowest BCUT2D eigenvalue weighted by atomic mass is 10.2. The van der Waals surface area contributed by atoms with Gasteiger partial charge in [0.1, 0.15) is 5.75 Å². The topological polar surface area (TPSA) is 74.3 Å². The first-order chi connectivity index (χ1) is 15.6. The van der Waals surface area contributed by atoms with Gasteiger partial charge in [-0.05, 0) is 17.7 Å². The molecule has 0 atom stereocenters. The largest absolute Gasteiger partial charge is 0.497 e. The summed E-state index contributed by atoms with van der Waals surface area (Å²) in [5, 5.41) is 0. The Kier molecular flexibility index (Phi) is 4.89. The van der Waals surface area contributed by atoms with E-state index < -0.39 is 0 Å². The van der Waals surface area contributed by atoms with Crippen molar-refractivity contribution < 1.29 is 4.74 Å². The van der Waals surface area contributed by atoms with Gasteiger partial charge in [0.25, 0.3) is 5.56 Å². The van der Waals surface area contributed by atoms with Crippen LogP contribution in [0.5, 0.6) is 5.75 Å². The first-order valence-corrected chi connectivity index (χ1v) is 10.4. The third-order valence-corrected chi connectivity index (χ3v) is 5.76. The molecule has 8 heteroatoms. The van der Waals surface area contributed by atoms with E-state index in [1.807, 2.05) is 76.2 Å². The average Bonchev–Trinajstić information content (AvgIpc) is 3.40. The summed E-state index contributed by atoms with van der Waals surface area (Å²) in [6.07, 6.45) is 3.73. The van der Waals surface area contributed by atoms with Crippen LogP contribution >= 0.6 is 0 Å². The maximum Gasteiger partial charge on any atom is 0.332 e. The molecular weight excluding hydrogens is 406 g/mol. The van der Waals surface area contributed by atoms with Gasteiger partial charge < -0.3 is 14.2 Å². The molecule has 0 amide bonds. The Labute approximate surface area is 184 Å². The molecule has 0 saturated carbocycles. The second-order valence-electron chi connectivity index (χ2n) is 7.66. The van der Waals surface area contributed by atoms with Gasteiger partial charge in [-0.3, -0.25) is 13.9 Å². The molecule has 3 heterocycles. The Morgan fingerprint density at radius 2 is 1.88 bits per heavy atom. The van der Waals surface area contributed by atoms with E-state index in [1.165, 1.54) is 9.13 Å². The van der Waals surface area contributed by atoms with Gasteiger partial charge in [-0.1, -0.05) is 48.6 Å². The van der Waals surface area contributed by atoms with Crippen LogP contribution in [0.1, 0.15) is 5.56 Å². The molecule has 0 N–H and O–H groups in total. The molecule has 32 heavy (non-hydrogen) atoms. The highest BCUT2D eigenvalue weighted by molar-refractivity contribution is 5.78. The number of methoxy groups -OCH3 is 1. The number of rotatable bonds is 5. The maximum absolute atomic E-state index is 13.3. The molecule has 0 bridgehead atoms. The highest BCUT2D eigenvalue weighted by atomic mass is 16.5. The molecule has 5 rings (SSSR count). The van der Waals surface area contributed by atoms with Gasteiger partial charge in [-0.2, -0.15) is 4.98 Å². The fourth-order valence-corrected chi connectivity index (χ4v) is 4.12. The summed E-state index contributed by atoms with van der Waals surface area (Å²) in [4.78, 5) is 33.0. The SMILES string of the molecule is COc1cccc(N2CCn3c2nc2c3c(=O)n(C/C=C/c3ccccc3)c(=O)n2C)c1. The first-order valence-electron chi connectivity index (χ1n) is 10.4. The van der Waals surface area contributed by atoms with Gasteiger partial charge in [-0.15, -0.1) is 0 Å². The molecular formula is C24H23N5O3. The predicted octanol–water partition coefficient (Wildman–Crippen LogP) is 2.77. The fraction of sp³-hybridized carbons (Fsp3) is 0.208. The third kappa shape index (κ3) is 3.20. The number of hydrogen-bond acceptors (Lipinski definition) is 5. The minimum absolute atomic E-state index is 0.191. The van der Waals surface area contributed by atoms with Gasteiger partial charge in [0, 0.05) is 38.4 Å². The summed E-state index contributed by atoms with van der Waals surface area (Å²) >= 11 is 0. The minimum atomic E-state index is -0.384. The van der Waals surface area contributed by atoms with E-state index in [1.54, 1.807) is 14.2 Å². The number of anilines is 2. The van der Waals surface area contributed by atoms with Crippen LogP contribution in [0.4, 0.5) is 11.6 Å². The number of fused-ring (bicyclic) bond motifs is 3. The van der Waals surface area contributed by atoms with Crippen LogP contribution in [0, 0.1) is 0 Å². The molecule has 0 radical (unpaired) electrons. The molecule has 2 aromatic heterocycles. The number of aryl methyl sites for hydroxylation is 1. The van der Waals surface area contributed by atoms with Crippen molar-refractivity contribution in [2.75, 3.05) is 18.6 Å². The van der Waals surface area contributed by atoms with E-state index in [0.717, 1.165) is 17.0 Å². The maximum atomic E-state index is 13.3. The molecule has 162 valence electrons. The molecule has 0 unspecified atom stereocenters. The summed E-state index contributed by atoms with van der Waals surface area (Å²) in [7, 11) is 3.28. The average molecular weight is 429 g/mol. The monoisotopic (exact) mass is 429 g/mol. The highest BCUT2D eigenvalue weighted by Gasteiger charge is 2.28. The van der Waals surface area contributed by atoms with Crippen molar-refractivity contribution in [3.05, 3.63) is 87.1 Å². The standard InChI is InChI=1S/C24H23N5O3/c1-26-21-20(22(30)29(24(26)31)13-7-10-17-8-4-3-5-9-17)28-15-14-27(23(28)25-21)18-11-6-12-19(16-18)32-2/h3-12,16H,13-15H2,1-2H3/b10-7+. The highest BCUT2D eigenvalue weighted by Crippen LogP contribution is 2.33. The summed E-state index contributed by atoms with van der Waals surface area (Å²) in [5.41, 5.74) is 2.07. The number of nitrogens with zero attached hydrogens (tertiary/aromatic N) is 5. The van der Waals surface area contributed by atoms with Crippen molar-refractivity contribution in [2.45, 2.75) is 13.1 Å². The molecule has 2 aromatic carbocycles. The van der Waals surface area contributed by atoms with Crippen LogP contribution < -0.4 is 20.9 Å². The van der Waals surface area contributed by atoms with E-state index in [4.69, 9.17) is 4.74 Å². The molecule has 0 fully saturated rings. The fourth-order valence-electron chi connectivity index (χ4n) is 4.12. The molecule has 1 aliphatic heterocycles. The van der Waals surface area contributed by atoms with Crippen molar-refractivity contribution in [3.8, 4) is 5.75 Å². The lowest BCUT2D eigenvalue weighted by molar-refractivity contribution is 0.415. The summed E-state index contributed by atoms with van der Waals surface area (Å²) in [6.45, 7) is 1.48.